The first-order chi connectivity index (χ1) is 8.09. The zero-order valence-electron chi connectivity index (χ0n) is 9.95. The van der Waals surface area contributed by atoms with Crippen molar-refractivity contribution >= 4 is 45.8 Å². The third-order valence-electron chi connectivity index (χ3n) is 2.93. The summed E-state index contributed by atoms with van der Waals surface area (Å²) in [5.74, 6) is 0.0494. The standard InChI is InChI=1S/C12H14BrClN2O.ClH/c1-8-7-15-4-5-16(8)12(17)9-2-3-10(13)11(14)6-9;/h2-3,6,8,15H,4-5,7H2,1H3;1H. The van der Waals surface area contributed by atoms with Crippen LogP contribution in [0.4, 0.5) is 0 Å². The Hall–Kier alpha value is -0.290. The molecule has 0 radical (unpaired) electrons. The van der Waals surface area contributed by atoms with E-state index in [1.54, 1.807) is 12.1 Å². The summed E-state index contributed by atoms with van der Waals surface area (Å²) < 4.78 is 0.809. The number of carbonyl (C=O) groups is 1. The molecule has 6 heteroatoms. The molecule has 1 unspecified atom stereocenters. The van der Waals surface area contributed by atoms with Crippen LogP contribution in [-0.2, 0) is 0 Å². The topological polar surface area (TPSA) is 32.3 Å². The van der Waals surface area contributed by atoms with Gasteiger partial charge in [-0.1, -0.05) is 11.6 Å². The van der Waals surface area contributed by atoms with Gasteiger partial charge in [-0.3, -0.25) is 4.79 Å². The number of nitrogens with one attached hydrogen (secondary N) is 1. The van der Waals surface area contributed by atoms with Gasteiger partial charge in [-0.25, -0.2) is 0 Å². The highest BCUT2D eigenvalue weighted by Gasteiger charge is 2.24. The molecule has 18 heavy (non-hydrogen) atoms. The molecule has 2 rings (SSSR count). The van der Waals surface area contributed by atoms with E-state index < -0.39 is 0 Å². The predicted molar refractivity (Wildman–Crippen MR) is 79.8 cm³/mol. The van der Waals surface area contributed by atoms with Crippen LogP contribution in [0.25, 0.3) is 0 Å². The smallest absolute Gasteiger partial charge is 0.254 e. The Kier molecular flexibility index (Phi) is 5.92. The Morgan fingerprint density at radius 1 is 1.56 bits per heavy atom. The maximum atomic E-state index is 12.3. The van der Waals surface area contributed by atoms with E-state index in [0.717, 1.165) is 24.1 Å². The fourth-order valence-corrected chi connectivity index (χ4v) is 2.36. The molecule has 1 aromatic carbocycles. The van der Waals surface area contributed by atoms with E-state index in [9.17, 15) is 4.79 Å². The first-order valence-corrected chi connectivity index (χ1v) is 6.73. The number of benzene rings is 1. The van der Waals surface area contributed by atoms with Gasteiger partial charge in [-0.15, -0.1) is 12.4 Å². The number of hydrogen-bond acceptors (Lipinski definition) is 2. The second-order valence-corrected chi connectivity index (χ2v) is 5.44. The van der Waals surface area contributed by atoms with Gasteiger partial charge in [0.05, 0.1) is 5.02 Å². The molecule has 0 spiro atoms. The molecular formula is C12H15BrCl2N2O. The zero-order chi connectivity index (χ0) is 12.4. The first-order valence-electron chi connectivity index (χ1n) is 5.56. The summed E-state index contributed by atoms with van der Waals surface area (Å²) >= 11 is 9.32. The van der Waals surface area contributed by atoms with Crippen molar-refractivity contribution in [3.8, 4) is 0 Å². The Balaban J connectivity index is 0.00000162. The van der Waals surface area contributed by atoms with Crippen LogP contribution in [0, 0.1) is 0 Å². The van der Waals surface area contributed by atoms with E-state index in [2.05, 4.69) is 21.2 Å². The summed E-state index contributed by atoms with van der Waals surface area (Å²) in [4.78, 5) is 14.2. The third kappa shape index (κ3) is 3.38. The van der Waals surface area contributed by atoms with Crippen molar-refractivity contribution in [3.05, 3.63) is 33.3 Å². The largest absolute Gasteiger partial charge is 0.333 e. The minimum Gasteiger partial charge on any atom is -0.333 e. The van der Waals surface area contributed by atoms with Crippen molar-refractivity contribution in [1.29, 1.82) is 0 Å². The van der Waals surface area contributed by atoms with E-state index in [-0.39, 0.29) is 24.4 Å². The molecule has 1 atom stereocenters. The van der Waals surface area contributed by atoms with Gasteiger partial charge in [0.25, 0.3) is 5.91 Å². The maximum absolute atomic E-state index is 12.3. The van der Waals surface area contributed by atoms with Gasteiger partial charge >= 0.3 is 0 Å². The molecule has 1 fully saturated rings. The van der Waals surface area contributed by atoms with Crippen molar-refractivity contribution in [2.75, 3.05) is 19.6 Å². The number of hydrogen-bond donors (Lipinski definition) is 1. The van der Waals surface area contributed by atoms with Crippen LogP contribution in [-0.4, -0.2) is 36.5 Å². The van der Waals surface area contributed by atoms with E-state index in [0.29, 0.717) is 10.6 Å². The fourth-order valence-electron chi connectivity index (χ4n) is 1.94. The Morgan fingerprint density at radius 3 is 2.89 bits per heavy atom. The Morgan fingerprint density at radius 2 is 2.28 bits per heavy atom. The number of piperazine rings is 1. The van der Waals surface area contributed by atoms with Gasteiger partial charge < -0.3 is 10.2 Å². The van der Waals surface area contributed by atoms with E-state index >= 15 is 0 Å². The molecule has 1 amide bonds. The molecule has 0 saturated carbocycles. The normalized spacial score (nSPS) is 19.3. The number of carbonyl (C=O) groups excluding carboxylic acids is 1. The molecule has 1 aliphatic heterocycles. The highest BCUT2D eigenvalue weighted by atomic mass is 79.9. The van der Waals surface area contributed by atoms with Gasteiger partial charge in [0.2, 0.25) is 0 Å². The lowest BCUT2D eigenvalue weighted by atomic mass is 10.1. The molecule has 100 valence electrons. The number of rotatable bonds is 1. The maximum Gasteiger partial charge on any atom is 0.254 e. The lowest BCUT2D eigenvalue weighted by molar-refractivity contribution is 0.0656. The molecule has 0 bridgehead atoms. The van der Waals surface area contributed by atoms with Gasteiger partial charge in [0.15, 0.2) is 0 Å². The average Bonchev–Trinajstić information content (AvgIpc) is 2.32. The summed E-state index contributed by atoms with van der Waals surface area (Å²) in [5.41, 5.74) is 0.645. The second-order valence-electron chi connectivity index (χ2n) is 4.18. The van der Waals surface area contributed by atoms with Crippen molar-refractivity contribution in [2.45, 2.75) is 13.0 Å². The summed E-state index contributed by atoms with van der Waals surface area (Å²) in [5, 5.41) is 3.83. The van der Waals surface area contributed by atoms with Gasteiger partial charge in [0, 0.05) is 35.7 Å². The first kappa shape index (κ1) is 15.8. The SMILES string of the molecule is CC1CNCCN1C(=O)c1ccc(Br)c(Cl)c1.Cl. The molecule has 1 saturated heterocycles. The monoisotopic (exact) mass is 352 g/mol. The van der Waals surface area contributed by atoms with Crippen LogP contribution in [0.2, 0.25) is 5.02 Å². The minimum absolute atomic E-state index is 0. The Labute approximate surface area is 126 Å². The Bertz CT molecular complexity index is 442. The zero-order valence-corrected chi connectivity index (χ0v) is 13.1. The van der Waals surface area contributed by atoms with E-state index in [4.69, 9.17) is 11.6 Å². The van der Waals surface area contributed by atoms with Gasteiger partial charge in [-0.2, -0.15) is 0 Å². The van der Waals surface area contributed by atoms with Crippen LogP contribution >= 0.6 is 39.9 Å². The minimum atomic E-state index is 0. The van der Waals surface area contributed by atoms with Crippen molar-refractivity contribution < 1.29 is 4.79 Å². The second kappa shape index (κ2) is 6.75. The average molecular weight is 354 g/mol. The fraction of sp³-hybridized carbons (Fsp3) is 0.417. The predicted octanol–water partition coefficient (Wildman–Crippen LogP) is 2.96. The summed E-state index contributed by atoms with van der Waals surface area (Å²) in [6.07, 6.45) is 0. The summed E-state index contributed by atoms with van der Waals surface area (Å²) in [7, 11) is 0. The molecule has 1 heterocycles. The number of halogens is 3. The highest BCUT2D eigenvalue weighted by Crippen LogP contribution is 2.24. The number of amides is 1. The number of nitrogens with zero attached hydrogens (tertiary/aromatic N) is 1. The van der Waals surface area contributed by atoms with E-state index in [1.807, 2.05) is 17.9 Å². The lowest BCUT2D eigenvalue weighted by Gasteiger charge is -2.34. The van der Waals surface area contributed by atoms with Crippen molar-refractivity contribution in [3.63, 3.8) is 0 Å². The molecule has 1 aromatic rings. The third-order valence-corrected chi connectivity index (χ3v) is 4.16. The molecule has 3 nitrogen and oxygen atoms in total. The lowest BCUT2D eigenvalue weighted by Crippen LogP contribution is -2.52. The van der Waals surface area contributed by atoms with Crippen LogP contribution < -0.4 is 5.32 Å². The molecule has 0 aliphatic carbocycles. The van der Waals surface area contributed by atoms with Gasteiger partial charge in [-0.05, 0) is 41.1 Å². The van der Waals surface area contributed by atoms with Crippen molar-refractivity contribution in [1.82, 2.24) is 10.2 Å². The van der Waals surface area contributed by atoms with Crippen molar-refractivity contribution in [2.24, 2.45) is 0 Å². The van der Waals surface area contributed by atoms with Crippen LogP contribution in [0.3, 0.4) is 0 Å². The van der Waals surface area contributed by atoms with E-state index in [1.165, 1.54) is 0 Å². The summed E-state index contributed by atoms with van der Waals surface area (Å²) in [6.45, 7) is 4.48. The molecule has 1 aliphatic rings. The quantitative estimate of drug-likeness (QED) is 0.841. The highest BCUT2D eigenvalue weighted by molar-refractivity contribution is 9.10. The molecule has 0 aromatic heterocycles. The van der Waals surface area contributed by atoms with Crippen LogP contribution in [0.5, 0.6) is 0 Å². The van der Waals surface area contributed by atoms with Crippen LogP contribution in [0.1, 0.15) is 17.3 Å². The van der Waals surface area contributed by atoms with Gasteiger partial charge in [0.1, 0.15) is 0 Å². The summed E-state index contributed by atoms with van der Waals surface area (Å²) in [6, 6.07) is 5.54. The van der Waals surface area contributed by atoms with Crippen LogP contribution in [0.15, 0.2) is 22.7 Å². The molecular weight excluding hydrogens is 339 g/mol. The molecule has 1 N–H and O–H groups in total.